The number of nitrogens with zero attached hydrogens (tertiary/aromatic N) is 5. The predicted octanol–water partition coefficient (Wildman–Crippen LogP) is 3.45. The Balaban J connectivity index is 1.61. The zero-order chi connectivity index (χ0) is 18.3. The summed E-state index contributed by atoms with van der Waals surface area (Å²) < 4.78 is 27.8. The largest absolute Gasteiger partial charge is 0.337 e. The van der Waals surface area contributed by atoms with Gasteiger partial charge in [0.25, 0.3) is 18.1 Å². The van der Waals surface area contributed by atoms with Gasteiger partial charge in [-0.05, 0) is 38.0 Å². The molecule has 26 heavy (non-hydrogen) atoms. The summed E-state index contributed by atoms with van der Waals surface area (Å²) in [6.45, 7) is 3.10. The van der Waals surface area contributed by atoms with Gasteiger partial charge in [0.15, 0.2) is 0 Å². The Kier molecular flexibility index (Phi) is 4.39. The number of likely N-dealkylation sites (tertiary alicyclic amines) is 1. The quantitative estimate of drug-likeness (QED) is 0.701. The SMILES string of the molecule is Cc1ccc(C(=O)N2CCCC(c3cc(C(F)F)n4ncnc4n3)C2)s1. The average molecular weight is 377 g/mol. The Labute approximate surface area is 152 Å². The summed E-state index contributed by atoms with van der Waals surface area (Å²) in [6.07, 6.45) is 0.155. The number of piperidine rings is 1. The Morgan fingerprint density at radius 2 is 2.23 bits per heavy atom. The van der Waals surface area contributed by atoms with E-state index in [4.69, 9.17) is 0 Å². The van der Waals surface area contributed by atoms with E-state index in [1.54, 1.807) is 4.90 Å². The number of alkyl halides is 2. The fraction of sp³-hybridized carbons (Fsp3) is 0.412. The maximum atomic E-state index is 13.4. The van der Waals surface area contributed by atoms with E-state index < -0.39 is 6.43 Å². The fourth-order valence-corrected chi connectivity index (χ4v) is 4.16. The van der Waals surface area contributed by atoms with Gasteiger partial charge >= 0.3 is 0 Å². The topological polar surface area (TPSA) is 63.4 Å². The molecule has 1 amide bonds. The van der Waals surface area contributed by atoms with Crippen LogP contribution in [0.2, 0.25) is 0 Å². The van der Waals surface area contributed by atoms with Crippen molar-refractivity contribution in [3.05, 3.63) is 45.7 Å². The second kappa shape index (κ2) is 6.71. The lowest BCUT2D eigenvalue weighted by molar-refractivity contribution is 0.0710. The van der Waals surface area contributed by atoms with Crippen LogP contribution >= 0.6 is 11.3 Å². The lowest BCUT2D eigenvalue weighted by Gasteiger charge is -2.32. The molecular weight excluding hydrogens is 360 g/mol. The number of carbonyl (C=O) groups is 1. The van der Waals surface area contributed by atoms with Crippen LogP contribution in [0.1, 0.15) is 51.1 Å². The summed E-state index contributed by atoms with van der Waals surface area (Å²) >= 11 is 1.47. The molecule has 1 aliphatic heterocycles. The molecule has 9 heteroatoms. The summed E-state index contributed by atoms with van der Waals surface area (Å²) in [6, 6.07) is 5.15. The molecule has 0 radical (unpaired) electrons. The standard InChI is InChI=1S/C17H17F2N5OS/c1-10-4-5-14(26-10)16(25)23-6-2-3-11(8-23)12-7-13(15(18)19)24-17(22-12)20-9-21-24/h4-5,7,9,11,15H,2-3,6,8H2,1H3. The zero-order valence-electron chi connectivity index (χ0n) is 14.1. The van der Waals surface area contributed by atoms with E-state index in [1.165, 1.54) is 23.7 Å². The lowest BCUT2D eigenvalue weighted by Crippen LogP contribution is -2.39. The molecule has 0 aliphatic carbocycles. The molecule has 4 rings (SSSR count). The van der Waals surface area contributed by atoms with Crippen molar-refractivity contribution in [2.45, 2.75) is 32.1 Å². The van der Waals surface area contributed by atoms with Crippen LogP contribution in [0.25, 0.3) is 5.78 Å². The lowest BCUT2D eigenvalue weighted by atomic mass is 9.94. The van der Waals surface area contributed by atoms with Crippen LogP contribution in [0, 0.1) is 6.92 Å². The Bertz CT molecular complexity index is 954. The molecular formula is C17H17F2N5OS. The predicted molar refractivity (Wildman–Crippen MR) is 92.7 cm³/mol. The molecule has 1 atom stereocenters. The van der Waals surface area contributed by atoms with Crippen molar-refractivity contribution in [1.82, 2.24) is 24.5 Å². The highest BCUT2D eigenvalue weighted by atomic mass is 32.1. The minimum Gasteiger partial charge on any atom is -0.337 e. The van der Waals surface area contributed by atoms with Crippen LogP contribution in [0.15, 0.2) is 24.5 Å². The smallest absolute Gasteiger partial charge is 0.280 e. The van der Waals surface area contributed by atoms with Gasteiger partial charge in [-0.15, -0.1) is 11.3 Å². The van der Waals surface area contributed by atoms with Gasteiger partial charge in [0.1, 0.15) is 12.0 Å². The molecule has 1 unspecified atom stereocenters. The van der Waals surface area contributed by atoms with Crippen molar-refractivity contribution in [2.75, 3.05) is 13.1 Å². The van der Waals surface area contributed by atoms with Crippen molar-refractivity contribution in [2.24, 2.45) is 0 Å². The number of hydrogen-bond acceptors (Lipinski definition) is 5. The van der Waals surface area contributed by atoms with Crippen LogP contribution in [0.3, 0.4) is 0 Å². The molecule has 1 aliphatic rings. The second-order valence-electron chi connectivity index (χ2n) is 6.38. The third-order valence-electron chi connectivity index (χ3n) is 4.60. The van der Waals surface area contributed by atoms with E-state index in [-0.39, 0.29) is 23.3 Å². The van der Waals surface area contributed by atoms with Crippen LogP contribution in [0.4, 0.5) is 8.78 Å². The minimum absolute atomic E-state index is 0.00885. The van der Waals surface area contributed by atoms with Gasteiger partial charge in [0.2, 0.25) is 0 Å². The summed E-state index contributed by atoms with van der Waals surface area (Å²) in [4.78, 5) is 24.6. The third kappa shape index (κ3) is 3.07. The van der Waals surface area contributed by atoms with Crippen LogP contribution < -0.4 is 0 Å². The number of hydrogen-bond donors (Lipinski definition) is 0. The summed E-state index contributed by atoms with van der Waals surface area (Å²) in [7, 11) is 0. The average Bonchev–Trinajstić information content (AvgIpc) is 3.28. The van der Waals surface area contributed by atoms with Gasteiger partial charge in [-0.3, -0.25) is 4.79 Å². The van der Waals surface area contributed by atoms with Gasteiger partial charge in [-0.25, -0.2) is 13.8 Å². The third-order valence-corrected chi connectivity index (χ3v) is 5.59. The summed E-state index contributed by atoms with van der Waals surface area (Å²) in [5, 5.41) is 3.81. The Morgan fingerprint density at radius 1 is 1.38 bits per heavy atom. The Hall–Kier alpha value is -2.42. The molecule has 0 spiro atoms. The molecule has 1 saturated heterocycles. The van der Waals surface area contributed by atoms with E-state index in [1.807, 2.05) is 19.1 Å². The first-order chi connectivity index (χ1) is 12.5. The molecule has 1 fully saturated rings. The summed E-state index contributed by atoms with van der Waals surface area (Å²) in [5.74, 6) is 0.0635. The molecule has 0 aromatic carbocycles. The zero-order valence-corrected chi connectivity index (χ0v) is 14.9. The molecule has 0 bridgehead atoms. The number of rotatable bonds is 3. The minimum atomic E-state index is -2.67. The normalized spacial score (nSPS) is 18.0. The fourth-order valence-electron chi connectivity index (χ4n) is 3.33. The molecule has 4 heterocycles. The second-order valence-corrected chi connectivity index (χ2v) is 7.67. The van der Waals surface area contributed by atoms with Gasteiger partial charge < -0.3 is 4.90 Å². The van der Waals surface area contributed by atoms with Crippen molar-refractivity contribution < 1.29 is 13.6 Å². The molecule has 136 valence electrons. The van der Waals surface area contributed by atoms with Gasteiger partial charge in [0.05, 0.1) is 10.6 Å². The van der Waals surface area contributed by atoms with Crippen molar-refractivity contribution in [3.8, 4) is 0 Å². The van der Waals surface area contributed by atoms with E-state index >= 15 is 0 Å². The highest BCUT2D eigenvalue weighted by Gasteiger charge is 2.28. The van der Waals surface area contributed by atoms with E-state index in [0.717, 1.165) is 22.2 Å². The maximum Gasteiger partial charge on any atom is 0.280 e. The number of amides is 1. The van der Waals surface area contributed by atoms with Crippen molar-refractivity contribution in [1.29, 1.82) is 0 Å². The molecule has 3 aromatic rings. The number of carbonyl (C=O) groups excluding carboxylic acids is 1. The van der Waals surface area contributed by atoms with Gasteiger partial charge in [-0.1, -0.05) is 0 Å². The first-order valence-electron chi connectivity index (χ1n) is 8.37. The van der Waals surface area contributed by atoms with E-state index in [0.29, 0.717) is 23.7 Å². The molecule has 6 nitrogen and oxygen atoms in total. The number of halogens is 2. The number of fused-ring (bicyclic) bond motifs is 1. The van der Waals surface area contributed by atoms with Gasteiger partial charge in [0, 0.05) is 23.9 Å². The first-order valence-corrected chi connectivity index (χ1v) is 9.19. The number of thiophene rings is 1. The highest BCUT2D eigenvalue weighted by Crippen LogP contribution is 2.30. The monoisotopic (exact) mass is 377 g/mol. The maximum absolute atomic E-state index is 13.4. The number of aryl methyl sites for hydroxylation is 1. The Morgan fingerprint density at radius 3 is 2.96 bits per heavy atom. The van der Waals surface area contributed by atoms with Crippen molar-refractivity contribution >= 4 is 23.0 Å². The van der Waals surface area contributed by atoms with E-state index in [9.17, 15) is 13.6 Å². The summed E-state index contributed by atoms with van der Waals surface area (Å²) in [5.41, 5.74) is 0.320. The van der Waals surface area contributed by atoms with Crippen LogP contribution in [0.5, 0.6) is 0 Å². The molecule has 0 N–H and O–H groups in total. The van der Waals surface area contributed by atoms with Crippen molar-refractivity contribution in [3.63, 3.8) is 0 Å². The first kappa shape index (κ1) is 17.0. The highest BCUT2D eigenvalue weighted by molar-refractivity contribution is 7.13. The number of aromatic nitrogens is 4. The molecule has 0 saturated carbocycles. The van der Waals surface area contributed by atoms with Crippen LogP contribution in [-0.4, -0.2) is 43.5 Å². The van der Waals surface area contributed by atoms with E-state index in [2.05, 4.69) is 15.1 Å². The van der Waals surface area contributed by atoms with Gasteiger partial charge in [-0.2, -0.15) is 14.6 Å². The van der Waals surface area contributed by atoms with Crippen LogP contribution in [-0.2, 0) is 0 Å². The molecule has 3 aromatic heterocycles.